The number of allylic oxidation sites excluding steroid dienone is 1. The molecule has 16 heavy (non-hydrogen) atoms. The molecule has 0 fully saturated rings. The van der Waals surface area contributed by atoms with E-state index in [9.17, 15) is 0 Å². The van der Waals surface area contributed by atoms with Crippen molar-refractivity contribution in [2.24, 2.45) is 11.1 Å². The van der Waals surface area contributed by atoms with Gasteiger partial charge in [-0.3, -0.25) is 0 Å². The molecule has 1 atom stereocenters. The third kappa shape index (κ3) is 2.85. The average Bonchev–Trinajstić information content (AvgIpc) is 2.14. The topological polar surface area (TPSA) is 26.0 Å². The van der Waals surface area contributed by atoms with E-state index in [4.69, 9.17) is 5.73 Å². The lowest BCUT2D eigenvalue weighted by molar-refractivity contribution is 0.0708. The van der Waals surface area contributed by atoms with Crippen LogP contribution in [0.15, 0.2) is 11.6 Å². The molecule has 2 heteroatoms. The lowest BCUT2D eigenvalue weighted by Crippen LogP contribution is -2.47. The van der Waals surface area contributed by atoms with Gasteiger partial charge in [-0.2, -0.15) is 0 Å². The Morgan fingerprint density at radius 2 is 1.81 bits per heavy atom. The summed E-state index contributed by atoms with van der Waals surface area (Å²) in [6.07, 6.45) is 8.80. The molecule has 0 heterocycles. The summed E-state index contributed by atoms with van der Waals surface area (Å²) >= 11 is 0. The summed E-state index contributed by atoms with van der Waals surface area (Å²) in [4.78, 5) is 0. The first-order valence-electron chi connectivity index (χ1n) is 6.50. The Hall–Kier alpha value is -0.370. The van der Waals surface area contributed by atoms with Gasteiger partial charge in [0.15, 0.2) is 0 Å². The highest BCUT2D eigenvalue weighted by atomic mass is 19.1. The van der Waals surface area contributed by atoms with E-state index < -0.39 is 11.1 Å². The van der Waals surface area contributed by atoms with Crippen LogP contribution in [0.1, 0.15) is 59.3 Å². The van der Waals surface area contributed by atoms with Gasteiger partial charge in [0.05, 0.1) is 0 Å². The van der Waals surface area contributed by atoms with E-state index in [1.54, 1.807) is 0 Å². The van der Waals surface area contributed by atoms with E-state index in [2.05, 4.69) is 6.08 Å². The molecule has 0 aromatic carbocycles. The maximum atomic E-state index is 15.0. The molecular formula is C14H26FN. The van der Waals surface area contributed by atoms with Crippen molar-refractivity contribution in [3.63, 3.8) is 0 Å². The molecule has 0 saturated heterocycles. The van der Waals surface area contributed by atoms with Gasteiger partial charge in [-0.25, -0.2) is 4.39 Å². The van der Waals surface area contributed by atoms with Crippen molar-refractivity contribution >= 4 is 0 Å². The monoisotopic (exact) mass is 227 g/mol. The molecule has 0 aliphatic heterocycles. The van der Waals surface area contributed by atoms with Crippen molar-refractivity contribution in [2.45, 2.75) is 65.0 Å². The van der Waals surface area contributed by atoms with Gasteiger partial charge in [0, 0.05) is 12.0 Å². The van der Waals surface area contributed by atoms with Crippen LogP contribution >= 0.6 is 0 Å². The van der Waals surface area contributed by atoms with E-state index in [0.717, 1.165) is 24.8 Å². The first-order chi connectivity index (χ1) is 7.42. The van der Waals surface area contributed by atoms with Gasteiger partial charge in [0.2, 0.25) is 0 Å². The quantitative estimate of drug-likeness (QED) is 0.709. The molecule has 1 nitrogen and oxygen atoms in total. The SMILES string of the molecule is CC(C)(C)C(F)(CN)C1=CCCCCCC1. The van der Waals surface area contributed by atoms with Crippen LogP contribution in [0.3, 0.4) is 0 Å². The Bertz CT molecular complexity index is 252. The van der Waals surface area contributed by atoms with Gasteiger partial charge in [-0.1, -0.05) is 39.7 Å². The van der Waals surface area contributed by atoms with Crippen molar-refractivity contribution in [3.8, 4) is 0 Å². The van der Waals surface area contributed by atoms with Crippen LogP contribution in [0.4, 0.5) is 4.39 Å². The summed E-state index contributed by atoms with van der Waals surface area (Å²) in [6, 6.07) is 0. The molecule has 0 radical (unpaired) electrons. The van der Waals surface area contributed by atoms with Gasteiger partial charge in [0.1, 0.15) is 5.67 Å². The highest BCUT2D eigenvalue weighted by Crippen LogP contribution is 2.42. The van der Waals surface area contributed by atoms with E-state index in [1.807, 2.05) is 20.8 Å². The number of hydrogen-bond donors (Lipinski definition) is 1. The fourth-order valence-electron chi connectivity index (χ4n) is 2.47. The molecule has 94 valence electrons. The second-order valence-electron chi connectivity index (χ2n) is 5.94. The van der Waals surface area contributed by atoms with Gasteiger partial charge in [-0.05, 0) is 31.3 Å². The van der Waals surface area contributed by atoms with Crippen LogP contribution in [0.25, 0.3) is 0 Å². The van der Waals surface area contributed by atoms with Crippen LogP contribution in [0, 0.1) is 5.41 Å². The minimum atomic E-state index is -1.33. The summed E-state index contributed by atoms with van der Waals surface area (Å²) in [5.41, 5.74) is 4.91. The second kappa shape index (κ2) is 5.31. The number of nitrogens with two attached hydrogens (primary N) is 1. The van der Waals surface area contributed by atoms with E-state index >= 15 is 4.39 Å². The lowest BCUT2D eigenvalue weighted by atomic mass is 9.71. The zero-order valence-corrected chi connectivity index (χ0v) is 11.0. The smallest absolute Gasteiger partial charge is 0.148 e. The summed E-state index contributed by atoms with van der Waals surface area (Å²) in [5.74, 6) is 0. The maximum absolute atomic E-state index is 15.0. The van der Waals surface area contributed by atoms with Gasteiger partial charge < -0.3 is 5.73 Å². The van der Waals surface area contributed by atoms with E-state index in [1.165, 1.54) is 19.3 Å². The predicted octanol–water partition coefficient (Wildman–Crippen LogP) is 3.98. The molecule has 0 aromatic heterocycles. The lowest BCUT2D eigenvalue weighted by Gasteiger charge is -2.39. The molecule has 0 aromatic rings. The first-order valence-corrected chi connectivity index (χ1v) is 6.50. The maximum Gasteiger partial charge on any atom is 0.148 e. The Morgan fingerprint density at radius 3 is 2.38 bits per heavy atom. The standard InChI is InChI=1S/C14H26FN/c1-13(2,3)14(15,11-16)12-9-7-5-4-6-8-10-12/h9H,4-8,10-11,16H2,1-3H3. The van der Waals surface area contributed by atoms with Crippen LogP contribution < -0.4 is 5.73 Å². The van der Waals surface area contributed by atoms with Crippen molar-refractivity contribution in [2.75, 3.05) is 6.54 Å². The number of rotatable bonds is 2. The van der Waals surface area contributed by atoms with Crippen LogP contribution in [-0.2, 0) is 0 Å². The molecule has 0 amide bonds. The number of halogens is 1. The van der Waals surface area contributed by atoms with Crippen LogP contribution in [-0.4, -0.2) is 12.2 Å². The highest BCUT2D eigenvalue weighted by Gasteiger charge is 2.43. The fourth-order valence-corrected chi connectivity index (χ4v) is 2.47. The third-order valence-corrected chi connectivity index (χ3v) is 3.77. The van der Waals surface area contributed by atoms with Crippen molar-refractivity contribution < 1.29 is 4.39 Å². The minimum Gasteiger partial charge on any atom is -0.327 e. The molecule has 2 N–H and O–H groups in total. The van der Waals surface area contributed by atoms with Crippen molar-refractivity contribution in [3.05, 3.63) is 11.6 Å². The molecule has 1 unspecified atom stereocenters. The normalized spacial score (nSPS) is 22.9. The molecule has 0 saturated carbocycles. The Kier molecular flexibility index (Phi) is 4.54. The fraction of sp³-hybridized carbons (Fsp3) is 0.857. The minimum absolute atomic E-state index is 0.0995. The van der Waals surface area contributed by atoms with Crippen molar-refractivity contribution in [1.29, 1.82) is 0 Å². The number of alkyl halides is 1. The molecule has 1 aliphatic rings. The summed E-state index contributed by atoms with van der Waals surface area (Å²) in [6.45, 7) is 5.93. The molecule has 1 aliphatic carbocycles. The highest BCUT2D eigenvalue weighted by molar-refractivity contribution is 5.22. The molecule has 0 bridgehead atoms. The zero-order chi connectivity index (χ0) is 12.2. The van der Waals surface area contributed by atoms with Gasteiger partial charge >= 0.3 is 0 Å². The van der Waals surface area contributed by atoms with Crippen molar-refractivity contribution in [1.82, 2.24) is 0 Å². The van der Waals surface area contributed by atoms with E-state index in [-0.39, 0.29) is 6.54 Å². The largest absolute Gasteiger partial charge is 0.327 e. The zero-order valence-electron chi connectivity index (χ0n) is 11.0. The van der Waals surface area contributed by atoms with E-state index in [0.29, 0.717) is 0 Å². The number of hydrogen-bond acceptors (Lipinski definition) is 1. The van der Waals surface area contributed by atoms with Gasteiger partial charge in [-0.15, -0.1) is 0 Å². The first kappa shape index (κ1) is 13.7. The Labute approximate surface area is 99.3 Å². The summed E-state index contributed by atoms with van der Waals surface area (Å²) < 4.78 is 15.0. The van der Waals surface area contributed by atoms with Gasteiger partial charge in [0.25, 0.3) is 0 Å². The average molecular weight is 227 g/mol. The molecular weight excluding hydrogens is 201 g/mol. The predicted molar refractivity (Wildman–Crippen MR) is 68.1 cm³/mol. The Balaban J connectivity index is 2.93. The molecule has 0 spiro atoms. The van der Waals surface area contributed by atoms with Crippen LogP contribution in [0.2, 0.25) is 0 Å². The summed E-state index contributed by atoms with van der Waals surface area (Å²) in [5, 5.41) is 0. The molecule has 1 rings (SSSR count). The second-order valence-corrected chi connectivity index (χ2v) is 5.94. The third-order valence-electron chi connectivity index (χ3n) is 3.77. The summed E-state index contributed by atoms with van der Waals surface area (Å²) in [7, 11) is 0. The Morgan fingerprint density at radius 1 is 1.19 bits per heavy atom. The van der Waals surface area contributed by atoms with Crippen LogP contribution in [0.5, 0.6) is 0 Å².